The molecule has 0 amide bonds. The predicted octanol–water partition coefficient (Wildman–Crippen LogP) is 0.930. The zero-order valence-corrected chi connectivity index (χ0v) is 6.26. The van der Waals surface area contributed by atoms with Gasteiger partial charge in [-0.05, 0) is 13.3 Å². The summed E-state index contributed by atoms with van der Waals surface area (Å²) in [6.45, 7) is 3.99. The summed E-state index contributed by atoms with van der Waals surface area (Å²) in [6.07, 6.45) is 2.39. The van der Waals surface area contributed by atoms with E-state index in [0.717, 1.165) is 17.7 Å². The quantitative estimate of drug-likeness (QED) is 0.626. The normalized spacial score (nSPS) is 9.80. The molecule has 1 aromatic heterocycles. The summed E-state index contributed by atoms with van der Waals surface area (Å²) in [6, 6.07) is 0. The molecule has 0 fully saturated rings. The van der Waals surface area contributed by atoms with Crippen molar-refractivity contribution in [1.29, 1.82) is 0 Å². The van der Waals surface area contributed by atoms with Crippen LogP contribution in [0.3, 0.4) is 0 Å². The highest BCUT2D eigenvalue weighted by molar-refractivity contribution is 5.40. The molecule has 0 radical (unpaired) electrons. The lowest BCUT2D eigenvalue weighted by molar-refractivity contribution is 1.00. The third-order valence-corrected chi connectivity index (χ3v) is 1.55. The molecule has 1 heterocycles. The second-order valence-electron chi connectivity index (χ2n) is 2.18. The lowest BCUT2D eigenvalue weighted by Crippen LogP contribution is -2.00. The van der Waals surface area contributed by atoms with Gasteiger partial charge in [0.15, 0.2) is 0 Å². The highest BCUT2D eigenvalue weighted by Crippen LogP contribution is 2.10. The van der Waals surface area contributed by atoms with Crippen LogP contribution in [0, 0.1) is 6.92 Å². The van der Waals surface area contributed by atoms with E-state index in [4.69, 9.17) is 5.73 Å². The van der Waals surface area contributed by atoms with Crippen LogP contribution in [0.15, 0.2) is 6.33 Å². The second-order valence-corrected chi connectivity index (χ2v) is 2.18. The van der Waals surface area contributed by atoms with Gasteiger partial charge in [0, 0.05) is 11.3 Å². The van der Waals surface area contributed by atoms with Crippen LogP contribution in [-0.2, 0) is 6.42 Å². The molecule has 0 bridgehead atoms. The third-order valence-electron chi connectivity index (χ3n) is 1.55. The smallest absolute Gasteiger partial charge is 0.130 e. The largest absolute Gasteiger partial charge is 0.383 e. The topological polar surface area (TPSA) is 51.8 Å². The Kier molecular flexibility index (Phi) is 1.85. The molecular formula is C7H11N3. The Labute approximate surface area is 60.3 Å². The molecule has 0 atom stereocenters. The van der Waals surface area contributed by atoms with Crippen molar-refractivity contribution >= 4 is 5.82 Å². The summed E-state index contributed by atoms with van der Waals surface area (Å²) in [5, 5.41) is 0. The van der Waals surface area contributed by atoms with Crippen molar-refractivity contribution in [1.82, 2.24) is 9.97 Å². The Morgan fingerprint density at radius 1 is 1.50 bits per heavy atom. The van der Waals surface area contributed by atoms with Gasteiger partial charge in [0.2, 0.25) is 0 Å². The Hall–Kier alpha value is -1.12. The van der Waals surface area contributed by atoms with E-state index in [1.165, 1.54) is 6.33 Å². The van der Waals surface area contributed by atoms with Crippen molar-refractivity contribution in [2.24, 2.45) is 0 Å². The first-order chi connectivity index (χ1) is 4.75. The van der Waals surface area contributed by atoms with Gasteiger partial charge in [-0.25, -0.2) is 9.97 Å². The van der Waals surface area contributed by atoms with E-state index in [0.29, 0.717) is 5.82 Å². The fourth-order valence-electron chi connectivity index (χ4n) is 0.956. The second kappa shape index (κ2) is 2.64. The summed E-state index contributed by atoms with van der Waals surface area (Å²) in [4.78, 5) is 7.90. The molecule has 3 heteroatoms. The van der Waals surface area contributed by atoms with Crippen LogP contribution in [-0.4, -0.2) is 9.97 Å². The van der Waals surface area contributed by atoms with Gasteiger partial charge >= 0.3 is 0 Å². The van der Waals surface area contributed by atoms with E-state index < -0.39 is 0 Å². The van der Waals surface area contributed by atoms with E-state index in [9.17, 15) is 0 Å². The average molecular weight is 137 g/mol. The molecule has 0 unspecified atom stereocenters. The molecule has 0 saturated heterocycles. The number of nitrogens with zero attached hydrogens (tertiary/aromatic N) is 2. The van der Waals surface area contributed by atoms with Crippen molar-refractivity contribution in [3.63, 3.8) is 0 Å². The third kappa shape index (κ3) is 1.07. The molecule has 0 saturated carbocycles. The van der Waals surface area contributed by atoms with Gasteiger partial charge in [-0.3, -0.25) is 0 Å². The first kappa shape index (κ1) is 6.99. The molecule has 0 aromatic carbocycles. The van der Waals surface area contributed by atoms with E-state index in [-0.39, 0.29) is 0 Å². The van der Waals surface area contributed by atoms with E-state index >= 15 is 0 Å². The predicted molar refractivity (Wildman–Crippen MR) is 40.6 cm³/mol. The number of nitrogens with two attached hydrogens (primary N) is 1. The van der Waals surface area contributed by atoms with Gasteiger partial charge in [0.1, 0.15) is 12.1 Å². The molecule has 1 aromatic rings. The lowest BCUT2D eigenvalue weighted by atomic mass is 10.2. The van der Waals surface area contributed by atoms with Crippen LogP contribution >= 0.6 is 0 Å². The fourth-order valence-corrected chi connectivity index (χ4v) is 0.956. The average Bonchev–Trinajstić information content (AvgIpc) is 1.88. The number of hydrogen-bond donors (Lipinski definition) is 1. The molecule has 0 spiro atoms. The fraction of sp³-hybridized carbons (Fsp3) is 0.429. The molecule has 0 aliphatic carbocycles. The molecule has 0 aliphatic heterocycles. The summed E-state index contributed by atoms with van der Waals surface area (Å²) >= 11 is 0. The highest BCUT2D eigenvalue weighted by atomic mass is 14.9. The molecule has 54 valence electrons. The van der Waals surface area contributed by atoms with Gasteiger partial charge in [0.05, 0.1) is 0 Å². The zero-order valence-electron chi connectivity index (χ0n) is 6.26. The number of hydrogen-bond acceptors (Lipinski definition) is 3. The van der Waals surface area contributed by atoms with Crippen molar-refractivity contribution in [3.05, 3.63) is 17.6 Å². The first-order valence-electron chi connectivity index (χ1n) is 3.31. The van der Waals surface area contributed by atoms with Crippen LogP contribution in [0.25, 0.3) is 0 Å². The van der Waals surface area contributed by atoms with E-state index in [2.05, 4.69) is 9.97 Å². The lowest BCUT2D eigenvalue weighted by Gasteiger charge is -2.02. The highest BCUT2D eigenvalue weighted by Gasteiger charge is 2.00. The number of anilines is 1. The number of aryl methyl sites for hydroxylation is 1. The maximum absolute atomic E-state index is 5.58. The summed E-state index contributed by atoms with van der Waals surface area (Å²) in [5.74, 6) is 0.606. The Morgan fingerprint density at radius 2 is 2.20 bits per heavy atom. The van der Waals surface area contributed by atoms with Crippen LogP contribution < -0.4 is 5.73 Å². The van der Waals surface area contributed by atoms with Crippen molar-refractivity contribution in [2.45, 2.75) is 20.3 Å². The number of rotatable bonds is 1. The molecule has 0 aliphatic rings. The van der Waals surface area contributed by atoms with E-state index in [1.54, 1.807) is 0 Å². The standard InChI is InChI=1S/C7H11N3/c1-3-6-5(2)9-4-10-7(6)8/h4H,3H2,1-2H3,(H2,8,9,10). The maximum Gasteiger partial charge on any atom is 0.130 e. The summed E-state index contributed by atoms with van der Waals surface area (Å²) < 4.78 is 0. The van der Waals surface area contributed by atoms with Crippen molar-refractivity contribution in [2.75, 3.05) is 5.73 Å². The number of aromatic nitrogens is 2. The SMILES string of the molecule is CCc1c(C)ncnc1N. The molecule has 1 rings (SSSR count). The van der Waals surface area contributed by atoms with Gasteiger partial charge in [-0.15, -0.1) is 0 Å². The number of nitrogen functional groups attached to an aromatic ring is 1. The first-order valence-corrected chi connectivity index (χ1v) is 3.31. The summed E-state index contributed by atoms with van der Waals surface area (Å²) in [7, 11) is 0. The maximum atomic E-state index is 5.58. The Morgan fingerprint density at radius 3 is 2.60 bits per heavy atom. The molecule has 2 N–H and O–H groups in total. The minimum atomic E-state index is 0.606. The van der Waals surface area contributed by atoms with Crippen molar-refractivity contribution in [3.8, 4) is 0 Å². The van der Waals surface area contributed by atoms with Gasteiger partial charge in [-0.1, -0.05) is 6.92 Å². The van der Waals surface area contributed by atoms with Gasteiger partial charge in [-0.2, -0.15) is 0 Å². The van der Waals surface area contributed by atoms with Gasteiger partial charge in [0.25, 0.3) is 0 Å². The Balaban J connectivity index is 3.17. The molecule has 10 heavy (non-hydrogen) atoms. The minimum absolute atomic E-state index is 0.606. The van der Waals surface area contributed by atoms with Crippen LogP contribution in [0.4, 0.5) is 5.82 Å². The Bertz CT molecular complexity index is 212. The van der Waals surface area contributed by atoms with Crippen LogP contribution in [0.2, 0.25) is 0 Å². The van der Waals surface area contributed by atoms with Gasteiger partial charge < -0.3 is 5.73 Å². The zero-order chi connectivity index (χ0) is 7.56. The van der Waals surface area contributed by atoms with Crippen molar-refractivity contribution < 1.29 is 0 Å². The minimum Gasteiger partial charge on any atom is -0.383 e. The summed E-state index contributed by atoms with van der Waals surface area (Å²) in [5.41, 5.74) is 7.62. The molecular weight excluding hydrogens is 126 g/mol. The molecule has 3 nitrogen and oxygen atoms in total. The van der Waals surface area contributed by atoms with Crippen LogP contribution in [0.1, 0.15) is 18.2 Å². The van der Waals surface area contributed by atoms with E-state index in [1.807, 2.05) is 13.8 Å². The van der Waals surface area contributed by atoms with Crippen LogP contribution in [0.5, 0.6) is 0 Å². The monoisotopic (exact) mass is 137 g/mol.